The van der Waals surface area contributed by atoms with Crippen LogP contribution in [0.15, 0.2) is 94.5 Å². The van der Waals surface area contributed by atoms with Crippen molar-refractivity contribution in [1.82, 2.24) is 0 Å². The van der Waals surface area contributed by atoms with Gasteiger partial charge in [0.05, 0.1) is 0 Å². The van der Waals surface area contributed by atoms with Crippen molar-refractivity contribution in [3.05, 3.63) is 89.6 Å². The smallest absolute Gasteiger partial charge is 0.149 e. The van der Waals surface area contributed by atoms with E-state index in [4.69, 9.17) is 4.74 Å². The van der Waals surface area contributed by atoms with E-state index in [0.29, 0.717) is 0 Å². The van der Waals surface area contributed by atoms with Gasteiger partial charge in [-0.2, -0.15) is 0 Å². The minimum absolute atomic E-state index is 0.786. The lowest BCUT2D eigenvalue weighted by Gasteiger charge is -2.17. The molecule has 4 aromatic rings. The summed E-state index contributed by atoms with van der Waals surface area (Å²) in [6.45, 7) is 0. The first-order valence-corrected chi connectivity index (χ1v) is 9.39. The fourth-order valence-corrected chi connectivity index (χ4v) is 3.64. The molecule has 122 valence electrons. The molecule has 0 N–H and O–H groups in total. The molecule has 0 saturated heterocycles. The molecule has 0 aliphatic heterocycles. The largest absolute Gasteiger partial charge is 0.455 e. The Hall–Kier alpha value is -2.49. The van der Waals surface area contributed by atoms with Crippen LogP contribution in [0.2, 0.25) is 0 Å². The normalized spacial score (nSPS) is 10.6. The van der Waals surface area contributed by atoms with Crippen LogP contribution in [0, 0.1) is 0 Å². The zero-order valence-electron chi connectivity index (χ0n) is 13.4. The van der Waals surface area contributed by atoms with Crippen molar-refractivity contribution >= 4 is 24.0 Å². The van der Waals surface area contributed by atoms with Gasteiger partial charge in [-0.1, -0.05) is 66.7 Å². The maximum atomic E-state index is 6.23. The monoisotopic (exact) mass is 360 g/mol. The molecule has 0 radical (unpaired) electrons. The van der Waals surface area contributed by atoms with Gasteiger partial charge in [0.1, 0.15) is 11.5 Å². The van der Waals surface area contributed by atoms with E-state index in [1.54, 1.807) is 11.3 Å². The first-order chi connectivity index (χ1) is 12.3. The van der Waals surface area contributed by atoms with Crippen LogP contribution in [0.4, 0.5) is 0 Å². The average molecular weight is 361 g/mol. The number of rotatable bonds is 4. The lowest BCUT2D eigenvalue weighted by atomic mass is 9.93. The highest BCUT2D eigenvalue weighted by molar-refractivity contribution is 7.80. The predicted octanol–water partition coefficient (Wildman–Crippen LogP) is 7.16. The lowest BCUT2D eigenvalue weighted by molar-refractivity contribution is 0.476. The predicted molar refractivity (Wildman–Crippen MR) is 109 cm³/mol. The van der Waals surface area contributed by atoms with Crippen molar-refractivity contribution in [2.75, 3.05) is 0 Å². The Morgan fingerprint density at radius 2 is 1.40 bits per heavy atom. The molecule has 1 heterocycles. The summed E-state index contributed by atoms with van der Waals surface area (Å²) in [6.07, 6.45) is 0. The molecule has 0 fully saturated rings. The van der Waals surface area contributed by atoms with Crippen LogP contribution < -0.4 is 4.74 Å². The molecule has 1 aromatic heterocycles. The van der Waals surface area contributed by atoms with E-state index in [1.807, 2.05) is 47.2 Å². The van der Waals surface area contributed by atoms with Gasteiger partial charge in [0.15, 0.2) is 0 Å². The van der Waals surface area contributed by atoms with Crippen molar-refractivity contribution in [2.45, 2.75) is 4.90 Å². The Morgan fingerprint density at radius 1 is 0.720 bits per heavy atom. The van der Waals surface area contributed by atoms with Crippen molar-refractivity contribution in [3.63, 3.8) is 0 Å². The fourth-order valence-electron chi connectivity index (χ4n) is 2.85. The summed E-state index contributed by atoms with van der Waals surface area (Å²) in [7, 11) is 0. The molecule has 1 nitrogen and oxygen atoms in total. The van der Waals surface area contributed by atoms with Gasteiger partial charge < -0.3 is 4.74 Å². The van der Waals surface area contributed by atoms with Crippen LogP contribution in [0.3, 0.4) is 0 Å². The summed E-state index contributed by atoms with van der Waals surface area (Å²) in [5.74, 6) is 1.62. The van der Waals surface area contributed by atoms with Crippen LogP contribution in [0.25, 0.3) is 22.3 Å². The fraction of sp³-hybridized carbons (Fsp3) is 0. The van der Waals surface area contributed by atoms with E-state index in [9.17, 15) is 0 Å². The van der Waals surface area contributed by atoms with Crippen LogP contribution in [-0.4, -0.2) is 0 Å². The van der Waals surface area contributed by atoms with E-state index in [-0.39, 0.29) is 0 Å². The van der Waals surface area contributed by atoms with Gasteiger partial charge in [0, 0.05) is 15.8 Å². The van der Waals surface area contributed by atoms with Crippen LogP contribution in [-0.2, 0) is 0 Å². The summed E-state index contributed by atoms with van der Waals surface area (Å²) in [6, 6.07) is 26.8. The van der Waals surface area contributed by atoms with Crippen molar-refractivity contribution in [3.8, 4) is 33.8 Å². The third-order valence-electron chi connectivity index (χ3n) is 4.00. The Labute approximate surface area is 157 Å². The van der Waals surface area contributed by atoms with E-state index >= 15 is 0 Å². The second-order valence-electron chi connectivity index (χ2n) is 5.63. The number of ether oxygens (including phenoxy) is 1. The summed E-state index contributed by atoms with van der Waals surface area (Å²) < 4.78 is 6.23. The number of hydrogen-bond acceptors (Lipinski definition) is 3. The number of thiol groups is 1. The Kier molecular flexibility index (Phi) is 4.59. The molecule has 3 heteroatoms. The van der Waals surface area contributed by atoms with Gasteiger partial charge in [0.25, 0.3) is 0 Å². The molecule has 0 aliphatic carbocycles. The zero-order chi connectivity index (χ0) is 17.1. The third kappa shape index (κ3) is 3.34. The highest BCUT2D eigenvalue weighted by Crippen LogP contribution is 2.44. The molecule has 0 amide bonds. The number of hydrogen-bond donors (Lipinski definition) is 1. The van der Waals surface area contributed by atoms with E-state index < -0.39 is 0 Å². The lowest BCUT2D eigenvalue weighted by Crippen LogP contribution is -1.93. The molecular weight excluding hydrogens is 344 g/mol. The molecule has 25 heavy (non-hydrogen) atoms. The quantitative estimate of drug-likeness (QED) is 0.380. The average Bonchev–Trinajstić information content (AvgIpc) is 3.18. The molecule has 0 aliphatic rings. The summed E-state index contributed by atoms with van der Waals surface area (Å²) in [5.41, 5.74) is 4.47. The van der Waals surface area contributed by atoms with E-state index in [2.05, 4.69) is 55.1 Å². The maximum absolute atomic E-state index is 6.23. The van der Waals surface area contributed by atoms with Gasteiger partial charge in [-0.05, 0) is 34.2 Å². The first-order valence-electron chi connectivity index (χ1n) is 8.00. The molecule has 0 saturated carbocycles. The third-order valence-corrected chi connectivity index (χ3v) is 5.01. The second-order valence-corrected chi connectivity index (χ2v) is 6.89. The first kappa shape index (κ1) is 16.0. The molecule has 0 unspecified atom stereocenters. The van der Waals surface area contributed by atoms with Crippen LogP contribution in [0.1, 0.15) is 0 Å². The van der Waals surface area contributed by atoms with Gasteiger partial charge in [0.2, 0.25) is 0 Å². The molecule has 3 aromatic carbocycles. The molecular formula is C22H16OS2. The Morgan fingerprint density at radius 3 is 2.04 bits per heavy atom. The standard InChI is InChI=1S/C22H16OS2/c24-20-12-11-19(16-7-3-1-4-8-16)21(17-9-5-2-6-10-17)22(20)23-18-13-14-25-15-18/h1-15,24H. The van der Waals surface area contributed by atoms with Gasteiger partial charge >= 0.3 is 0 Å². The van der Waals surface area contributed by atoms with E-state index in [0.717, 1.165) is 38.6 Å². The van der Waals surface area contributed by atoms with Gasteiger partial charge in [-0.15, -0.1) is 24.0 Å². The van der Waals surface area contributed by atoms with E-state index in [1.165, 1.54) is 0 Å². The second kappa shape index (κ2) is 7.18. The van der Waals surface area contributed by atoms with Gasteiger partial charge in [-0.25, -0.2) is 0 Å². The van der Waals surface area contributed by atoms with Crippen LogP contribution in [0.5, 0.6) is 11.5 Å². The summed E-state index contributed by atoms with van der Waals surface area (Å²) >= 11 is 6.28. The SMILES string of the molecule is Sc1ccc(-c2ccccc2)c(-c2ccccc2)c1Oc1ccsc1. The van der Waals surface area contributed by atoms with Crippen LogP contribution >= 0.6 is 24.0 Å². The molecule has 0 spiro atoms. The molecule has 0 atom stereocenters. The maximum Gasteiger partial charge on any atom is 0.149 e. The number of benzene rings is 3. The van der Waals surface area contributed by atoms with Gasteiger partial charge in [-0.3, -0.25) is 0 Å². The van der Waals surface area contributed by atoms with Crippen molar-refractivity contribution < 1.29 is 4.74 Å². The summed E-state index contributed by atoms with van der Waals surface area (Å²) in [5, 5.41) is 4.01. The highest BCUT2D eigenvalue weighted by atomic mass is 32.1. The number of thiophene rings is 1. The van der Waals surface area contributed by atoms with Crippen molar-refractivity contribution in [1.29, 1.82) is 0 Å². The Bertz CT molecular complexity index is 962. The highest BCUT2D eigenvalue weighted by Gasteiger charge is 2.17. The Balaban J connectivity index is 1.96. The zero-order valence-corrected chi connectivity index (χ0v) is 15.1. The minimum atomic E-state index is 0.786. The topological polar surface area (TPSA) is 9.23 Å². The summed E-state index contributed by atoms with van der Waals surface area (Å²) in [4.78, 5) is 0.824. The molecule has 0 bridgehead atoms. The minimum Gasteiger partial charge on any atom is -0.455 e. The molecule has 4 rings (SSSR count). The van der Waals surface area contributed by atoms with Crippen molar-refractivity contribution in [2.24, 2.45) is 0 Å².